The van der Waals surface area contributed by atoms with E-state index in [4.69, 9.17) is 21.1 Å². The summed E-state index contributed by atoms with van der Waals surface area (Å²) in [5, 5.41) is 6.78. The highest BCUT2D eigenvalue weighted by Crippen LogP contribution is 2.37. The second kappa shape index (κ2) is 10.4. The number of ether oxygens (including phenoxy) is 2. The van der Waals surface area contributed by atoms with Gasteiger partial charge in [-0.15, -0.1) is 0 Å². The van der Waals surface area contributed by atoms with Gasteiger partial charge in [0.1, 0.15) is 11.5 Å². The van der Waals surface area contributed by atoms with Crippen molar-refractivity contribution in [2.24, 2.45) is 0 Å². The van der Waals surface area contributed by atoms with E-state index in [1.807, 2.05) is 31.3 Å². The summed E-state index contributed by atoms with van der Waals surface area (Å²) in [7, 11) is 5.21. The zero-order valence-corrected chi connectivity index (χ0v) is 20.0. The fourth-order valence-corrected chi connectivity index (χ4v) is 4.04. The Balaban J connectivity index is 1.68. The Morgan fingerprint density at radius 1 is 1.06 bits per heavy atom. The number of anilines is 2. The van der Waals surface area contributed by atoms with Crippen LogP contribution in [-0.2, 0) is 0 Å². The lowest BCUT2D eigenvalue weighted by Gasteiger charge is -2.34. The number of benzene rings is 2. The van der Waals surface area contributed by atoms with Crippen LogP contribution >= 0.6 is 11.6 Å². The molecule has 9 heteroatoms. The fourth-order valence-electron chi connectivity index (χ4n) is 3.87. The van der Waals surface area contributed by atoms with Crippen molar-refractivity contribution < 1.29 is 14.3 Å². The highest BCUT2D eigenvalue weighted by molar-refractivity contribution is 6.30. The molecule has 2 heterocycles. The quantitative estimate of drug-likeness (QED) is 0.499. The minimum Gasteiger partial charge on any atom is -0.497 e. The topological polar surface area (TPSA) is 88.6 Å². The van der Waals surface area contributed by atoms with Gasteiger partial charge in [-0.05, 0) is 54.5 Å². The maximum absolute atomic E-state index is 13.2. The van der Waals surface area contributed by atoms with Crippen molar-refractivity contribution in [3.63, 3.8) is 0 Å². The summed E-state index contributed by atoms with van der Waals surface area (Å²) in [6.07, 6.45) is 5.66. The van der Waals surface area contributed by atoms with Gasteiger partial charge in [-0.3, -0.25) is 4.90 Å². The molecule has 0 saturated carbocycles. The van der Waals surface area contributed by atoms with Crippen LogP contribution in [0.25, 0.3) is 5.57 Å². The molecule has 1 aliphatic rings. The van der Waals surface area contributed by atoms with Crippen LogP contribution in [0.3, 0.4) is 0 Å². The number of rotatable bonds is 6. The number of carbonyl (C=O) groups excluding carboxylic acids is 1. The molecule has 0 fully saturated rings. The Hall–Kier alpha value is -3.78. The van der Waals surface area contributed by atoms with E-state index in [9.17, 15) is 4.79 Å². The van der Waals surface area contributed by atoms with Gasteiger partial charge in [0.15, 0.2) is 0 Å². The molecule has 8 nitrogen and oxygen atoms in total. The molecule has 1 amide bonds. The summed E-state index contributed by atoms with van der Waals surface area (Å²) in [5.74, 6) is 1.63. The maximum atomic E-state index is 13.2. The Labute approximate surface area is 203 Å². The van der Waals surface area contributed by atoms with Gasteiger partial charge in [0.2, 0.25) is 5.95 Å². The molecular formula is C25H26ClN5O3. The van der Waals surface area contributed by atoms with Crippen molar-refractivity contribution in [1.82, 2.24) is 14.9 Å². The standard InChI is InChI=1S/C25H26ClN5O3/c1-27-22-9-4-18(26)13-21(22)16-10-11-31(23(12-16)17-14-29-24(28-2)30-15-17)25(32)34-20-7-5-19(33-3)6-8-20/h4-9,12-15,23,27H,10-11H2,1-3H3,(H,28,29,30). The third-order valence-corrected chi connectivity index (χ3v) is 5.88. The number of methoxy groups -OCH3 is 1. The smallest absolute Gasteiger partial charge is 0.416 e. The summed E-state index contributed by atoms with van der Waals surface area (Å²) in [5.41, 5.74) is 3.81. The molecule has 0 bridgehead atoms. The van der Waals surface area contributed by atoms with E-state index in [1.165, 1.54) is 0 Å². The zero-order chi connectivity index (χ0) is 24.1. The highest BCUT2D eigenvalue weighted by atomic mass is 35.5. The molecule has 0 saturated heterocycles. The molecule has 0 radical (unpaired) electrons. The van der Waals surface area contributed by atoms with E-state index in [0.29, 0.717) is 35.4 Å². The van der Waals surface area contributed by atoms with Crippen LogP contribution < -0.4 is 20.1 Å². The molecule has 2 aromatic carbocycles. The van der Waals surface area contributed by atoms with Gasteiger partial charge >= 0.3 is 6.09 Å². The van der Waals surface area contributed by atoms with Crippen molar-refractivity contribution in [2.45, 2.75) is 12.5 Å². The van der Waals surface area contributed by atoms with Crippen LogP contribution in [0.2, 0.25) is 5.02 Å². The summed E-state index contributed by atoms with van der Waals surface area (Å²) < 4.78 is 10.8. The van der Waals surface area contributed by atoms with Gasteiger partial charge in [-0.2, -0.15) is 0 Å². The second-order valence-corrected chi connectivity index (χ2v) is 8.09. The predicted molar refractivity (Wildman–Crippen MR) is 134 cm³/mol. The lowest BCUT2D eigenvalue weighted by Crippen LogP contribution is -2.39. The van der Waals surface area contributed by atoms with Crippen LogP contribution in [0.4, 0.5) is 16.4 Å². The molecule has 1 aromatic heterocycles. The van der Waals surface area contributed by atoms with E-state index in [2.05, 4.69) is 20.6 Å². The second-order valence-electron chi connectivity index (χ2n) is 7.65. The molecule has 3 aromatic rings. The number of hydrogen-bond donors (Lipinski definition) is 2. The summed E-state index contributed by atoms with van der Waals surface area (Å²) in [4.78, 5) is 23.6. The lowest BCUT2D eigenvalue weighted by molar-refractivity contribution is 0.140. The molecule has 34 heavy (non-hydrogen) atoms. The number of aromatic nitrogens is 2. The number of halogens is 1. The molecule has 0 spiro atoms. The number of carbonyl (C=O) groups is 1. The third-order valence-electron chi connectivity index (χ3n) is 5.65. The maximum Gasteiger partial charge on any atom is 0.416 e. The van der Waals surface area contributed by atoms with Crippen molar-refractivity contribution in [3.8, 4) is 11.5 Å². The Bertz CT molecular complexity index is 1180. The molecule has 1 unspecified atom stereocenters. The molecule has 1 atom stereocenters. The van der Waals surface area contributed by atoms with Gasteiger partial charge in [0.05, 0.1) is 13.2 Å². The van der Waals surface area contributed by atoms with Crippen LogP contribution in [0.5, 0.6) is 11.5 Å². The van der Waals surface area contributed by atoms with Crippen molar-refractivity contribution >= 4 is 34.9 Å². The van der Waals surface area contributed by atoms with Crippen LogP contribution in [0.15, 0.2) is 60.9 Å². The van der Waals surface area contributed by atoms with E-state index in [1.54, 1.807) is 55.7 Å². The summed E-state index contributed by atoms with van der Waals surface area (Å²) >= 11 is 6.30. The molecular weight excluding hydrogens is 454 g/mol. The van der Waals surface area contributed by atoms with Crippen LogP contribution in [0.1, 0.15) is 23.6 Å². The van der Waals surface area contributed by atoms with Crippen LogP contribution in [-0.4, -0.2) is 48.7 Å². The van der Waals surface area contributed by atoms with Crippen molar-refractivity contribution in [3.05, 3.63) is 77.1 Å². The van der Waals surface area contributed by atoms with Crippen LogP contribution in [0, 0.1) is 0 Å². The predicted octanol–water partition coefficient (Wildman–Crippen LogP) is 5.25. The van der Waals surface area contributed by atoms with Gasteiger partial charge in [0, 0.05) is 54.9 Å². The third kappa shape index (κ3) is 5.07. The molecule has 1 aliphatic heterocycles. The van der Waals surface area contributed by atoms with Gasteiger partial charge < -0.3 is 20.1 Å². The highest BCUT2D eigenvalue weighted by Gasteiger charge is 2.30. The Morgan fingerprint density at radius 3 is 2.41 bits per heavy atom. The number of hydrogen-bond acceptors (Lipinski definition) is 7. The van der Waals surface area contributed by atoms with E-state index < -0.39 is 12.1 Å². The minimum atomic E-state index is -0.455. The average molecular weight is 480 g/mol. The van der Waals surface area contributed by atoms with Gasteiger partial charge in [-0.25, -0.2) is 14.8 Å². The lowest BCUT2D eigenvalue weighted by atomic mass is 9.92. The first-order chi connectivity index (χ1) is 16.5. The van der Waals surface area contributed by atoms with E-state index in [-0.39, 0.29) is 0 Å². The normalized spacial score (nSPS) is 15.4. The van der Waals surface area contributed by atoms with E-state index >= 15 is 0 Å². The van der Waals surface area contributed by atoms with Crippen molar-refractivity contribution in [2.75, 3.05) is 38.4 Å². The first-order valence-electron chi connectivity index (χ1n) is 10.8. The van der Waals surface area contributed by atoms with Gasteiger partial charge in [-0.1, -0.05) is 17.7 Å². The Kier molecular flexibility index (Phi) is 7.18. The fraction of sp³-hybridized carbons (Fsp3) is 0.240. The average Bonchev–Trinajstić information content (AvgIpc) is 2.88. The zero-order valence-electron chi connectivity index (χ0n) is 19.2. The summed E-state index contributed by atoms with van der Waals surface area (Å²) in [6, 6.07) is 12.2. The SMILES string of the molecule is CNc1ncc(C2C=C(c3cc(Cl)ccc3NC)CCN2C(=O)Oc2ccc(OC)cc2)cn1. The minimum absolute atomic E-state index is 0.413. The number of nitrogens with one attached hydrogen (secondary N) is 2. The largest absolute Gasteiger partial charge is 0.497 e. The number of amides is 1. The molecule has 4 rings (SSSR count). The monoisotopic (exact) mass is 479 g/mol. The first-order valence-corrected chi connectivity index (χ1v) is 11.2. The van der Waals surface area contributed by atoms with E-state index in [0.717, 1.165) is 22.4 Å². The van der Waals surface area contributed by atoms with Crippen molar-refractivity contribution in [1.29, 1.82) is 0 Å². The molecule has 0 aliphatic carbocycles. The number of nitrogens with zero attached hydrogens (tertiary/aromatic N) is 3. The Morgan fingerprint density at radius 2 is 1.76 bits per heavy atom. The van der Waals surface area contributed by atoms with Gasteiger partial charge in [0.25, 0.3) is 0 Å². The summed E-state index contributed by atoms with van der Waals surface area (Å²) in [6.45, 7) is 0.453. The first kappa shape index (κ1) is 23.4. The molecule has 2 N–H and O–H groups in total. The molecule has 176 valence electrons.